The van der Waals surface area contributed by atoms with Crippen LogP contribution in [0.5, 0.6) is 0 Å². The van der Waals surface area contributed by atoms with Crippen molar-refractivity contribution < 1.29 is 14.4 Å². The molecule has 1 aliphatic rings. The number of likely N-dealkylation sites (tertiary alicyclic amines) is 1. The molecule has 18 heavy (non-hydrogen) atoms. The van der Waals surface area contributed by atoms with Crippen molar-refractivity contribution in [2.75, 3.05) is 18.4 Å². The van der Waals surface area contributed by atoms with Gasteiger partial charge in [-0.1, -0.05) is 22.9 Å². The monoisotopic (exact) mass is 319 g/mol. The standard InChI is InChI=1S/C11H18BrN3O3/c1-2-8(11(13)18)15-6-7(3-10(15)17)5-14-9(16)4-12/h7-8H,2-6H2,1H3,(H2,13,18)(H,14,16)/t7?,8-/m0/s1. The molecule has 1 saturated heterocycles. The molecule has 0 aliphatic carbocycles. The molecule has 0 aromatic heterocycles. The molecule has 0 spiro atoms. The van der Waals surface area contributed by atoms with Gasteiger partial charge in [0.15, 0.2) is 0 Å². The summed E-state index contributed by atoms with van der Waals surface area (Å²) in [5.41, 5.74) is 5.27. The van der Waals surface area contributed by atoms with Gasteiger partial charge >= 0.3 is 0 Å². The number of halogens is 1. The Labute approximate surface area is 114 Å². The Morgan fingerprint density at radius 1 is 1.61 bits per heavy atom. The summed E-state index contributed by atoms with van der Waals surface area (Å²) in [4.78, 5) is 35.7. The molecule has 1 unspecified atom stereocenters. The fourth-order valence-electron chi connectivity index (χ4n) is 2.13. The Hall–Kier alpha value is -1.11. The zero-order valence-corrected chi connectivity index (χ0v) is 11.9. The zero-order valence-electron chi connectivity index (χ0n) is 10.3. The highest BCUT2D eigenvalue weighted by Gasteiger charge is 2.35. The molecule has 102 valence electrons. The van der Waals surface area contributed by atoms with Crippen molar-refractivity contribution in [2.24, 2.45) is 11.7 Å². The van der Waals surface area contributed by atoms with Crippen molar-refractivity contribution in [2.45, 2.75) is 25.8 Å². The maximum absolute atomic E-state index is 11.8. The molecule has 1 heterocycles. The van der Waals surface area contributed by atoms with Gasteiger partial charge in [0.05, 0.1) is 5.33 Å². The van der Waals surface area contributed by atoms with Gasteiger partial charge in [-0.3, -0.25) is 14.4 Å². The number of carbonyl (C=O) groups is 3. The number of nitrogens with zero attached hydrogens (tertiary/aromatic N) is 1. The highest BCUT2D eigenvalue weighted by atomic mass is 79.9. The maximum atomic E-state index is 11.8. The fourth-order valence-corrected chi connectivity index (χ4v) is 2.33. The molecule has 0 bridgehead atoms. The van der Waals surface area contributed by atoms with E-state index in [2.05, 4.69) is 21.2 Å². The molecule has 7 heteroatoms. The minimum Gasteiger partial charge on any atom is -0.368 e. The van der Waals surface area contributed by atoms with E-state index in [0.29, 0.717) is 25.9 Å². The molecule has 2 atom stereocenters. The maximum Gasteiger partial charge on any atom is 0.240 e. The van der Waals surface area contributed by atoms with Crippen LogP contribution in [-0.2, 0) is 14.4 Å². The number of hydrogen-bond acceptors (Lipinski definition) is 3. The second-order valence-corrected chi connectivity index (χ2v) is 4.94. The third kappa shape index (κ3) is 3.69. The molecular formula is C11H18BrN3O3. The van der Waals surface area contributed by atoms with E-state index < -0.39 is 11.9 Å². The van der Waals surface area contributed by atoms with Crippen molar-refractivity contribution in [1.82, 2.24) is 10.2 Å². The summed E-state index contributed by atoms with van der Waals surface area (Å²) in [5.74, 6) is -0.605. The van der Waals surface area contributed by atoms with E-state index in [1.807, 2.05) is 6.92 Å². The number of nitrogens with two attached hydrogens (primary N) is 1. The Balaban J connectivity index is 2.53. The molecule has 3 N–H and O–H groups in total. The fraction of sp³-hybridized carbons (Fsp3) is 0.727. The Bertz CT molecular complexity index is 348. The van der Waals surface area contributed by atoms with Crippen molar-refractivity contribution in [3.8, 4) is 0 Å². The number of carbonyl (C=O) groups excluding carboxylic acids is 3. The van der Waals surface area contributed by atoms with Crippen LogP contribution in [0.15, 0.2) is 0 Å². The van der Waals surface area contributed by atoms with Gasteiger partial charge < -0.3 is 16.0 Å². The summed E-state index contributed by atoms with van der Waals surface area (Å²) in [6, 6.07) is -0.533. The second kappa shape index (κ2) is 6.72. The Morgan fingerprint density at radius 2 is 2.28 bits per heavy atom. The van der Waals surface area contributed by atoms with E-state index in [1.165, 1.54) is 4.90 Å². The summed E-state index contributed by atoms with van der Waals surface area (Å²) in [5, 5.41) is 2.97. The normalized spacial score (nSPS) is 20.9. The van der Waals surface area contributed by atoms with Crippen molar-refractivity contribution in [3.05, 3.63) is 0 Å². The van der Waals surface area contributed by atoms with E-state index >= 15 is 0 Å². The lowest BCUT2D eigenvalue weighted by molar-refractivity contribution is -0.136. The quantitative estimate of drug-likeness (QED) is 0.653. The minimum atomic E-state index is -0.533. The van der Waals surface area contributed by atoms with Gasteiger partial charge in [-0.2, -0.15) is 0 Å². The average Bonchev–Trinajstić information content (AvgIpc) is 2.68. The molecule has 6 nitrogen and oxygen atoms in total. The SMILES string of the molecule is CC[C@@H](C(N)=O)N1CC(CNC(=O)CBr)CC1=O. The van der Waals surface area contributed by atoms with Gasteiger partial charge in [-0.05, 0) is 6.42 Å². The first-order chi connectivity index (χ1) is 8.49. The summed E-state index contributed by atoms with van der Waals surface area (Å²) >= 11 is 3.05. The van der Waals surface area contributed by atoms with Crippen molar-refractivity contribution in [3.63, 3.8) is 0 Å². The third-order valence-corrected chi connectivity index (χ3v) is 3.55. The molecular weight excluding hydrogens is 302 g/mol. The molecule has 0 radical (unpaired) electrons. The van der Waals surface area contributed by atoms with Gasteiger partial charge in [0, 0.05) is 25.4 Å². The molecule has 1 aliphatic heterocycles. The average molecular weight is 320 g/mol. The molecule has 0 aromatic carbocycles. The first-order valence-electron chi connectivity index (χ1n) is 5.91. The highest BCUT2D eigenvalue weighted by Crippen LogP contribution is 2.20. The van der Waals surface area contributed by atoms with E-state index in [0.717, 1.165) is 0 Å². The van der Waals surface area contributed by atoms with Crippen LogP contribution in [-0.4, -0.2) is 47.1 Å². The van der Waals surface area contributed by atoms with Crippen molar-refractivity contribution in [1.29, 1.82) is 0 Å². The molecule has 0 aromatic rings. The predicted molar refractivity (Wildman–Crippen MR) is 69.9 cm³/mol. The molecule has 1 fully saturated rings. The van der Waals surface area contributed by atoms with Crippen LogP contribution in [0.25, 0.3) is 0 Å². The molecule has 3 amide bonds. The summed E-state index contributed by atoms with van der Waals surface area (Å²) in [7, 11) is 0. The number of primary amides is 1. The third-order valence-electron chi connectivity index (χ3n) is 3.04. The largest absolute Gasteiger partial charge is 0.368 e. The lowest BCUT2D eigenvalue weighted by atomic mass is 10.1. The number of amides is 3. The van der Waals surface area contributed by atoms with Gasteiger partial charge in [0.25, 0.3) is 0 Å². The van der Waals surface area contributed by atoms with E-state index in [4.69, 9.17) is 5.73 Å². The van der Waals surface area contributed by atoms with Crippen LogP contribution in [0, 0.1) is 5.92 Å². The first-order valence-corrected chi connectivity index (χ1v) is 7.03. The van der Waals surface area contributed by atoms with Gasteiger partial charge in [0.1, 0.15) is 6.04 Å². The van der Waals surface area contributed by atoms with Crippen LogP contribution in [0.3, 0.4) is 0 Å². The van der Waals surface area contributed by atoms with Crippen LogP contribution in [0.1, 0.15) is 19.8 Å². The summed E-state index contributed by atoms with van der Waals surface area (Å²) in [6.07, 6.45) is 0.869. The van der Waals surface area contributed by atoms with Crippen molar-refractivity contribution >= 4 is 33.7 Å². The molecule has 0 saturated carbocycles. The van der Waals surface area contributed by atoms with E-state index in [-0.39, 0.29) is 23.1 Å². The van der Waals surface area contributed by atoms with Crippen LogP contribution in [0.4, 0.5) is 0 Å². The smallest absolute Gasteiger partial charge is 0.240 e. The number of nitrogens with one attached hydrogen (secondary N) is 1. The minimum absolute atomic E-state index is 0.0499. The summed E-state index contributed by atoms with van der Waals surface area (Å²) < 4.78 is 0. The van der Waals surface area contributed by atoms with Crippen LogP contribution < -0.4 is 11.1 Å². The second-order valence-electron chi connectivity index (χ2n) is 4.38. The lowest BCUT2D eigenvalue weighted by Gasteiger charge is -2.24. The topological polar surface area (TPSA) is 92.5 Å². The zero-order chi connectivity index (χ0) is 13.7. The first kappa shape index (κ1) is 14.9. The van der Waals surface area contributed by atoms with Gasteiger partial charge in [-0.25, -0.2) is 0 Å². The molecule has 1 rings (SSSR count). The predicted octanol–water partition coefficient (Wildman–Crippen LogP) is -0.390. The number of alkyl halides is 1. The lowest BCUT2D eigenvalue weighted by Crippen LogP contribution is -2.45. The Kier molecular flexibility index (Phi) is 5.58. The van der Waals surface area contributed by atoms with E-state index in [9.17, 15) is 14.4 Å². The number of rotatable bonds is 6. The van der Waals surface area contributed by atoms with Gasteiger partial charge in [0.2, 0.25) is 17.7 Å². The van der Waals surface area contributed by atoms with Crippen LogP contribution >= 0.6 is 15.9 Å². The van der Waals surface area contributed by atoms with Gasteiger partial charge in [-0.15, -0.1) is 0 Å². The van der Waals surface area contributed by atoms with Crippen LogP contribution in [0.2, 0.25) is 0 Å². The van der Waals surface area contributed by atoms with E-state index in [1.54, 1.807) is 0 Å². The highest BCUT2D eigenvalue weighted by molar-refractivity contribution is 9.09. The summed E-state index contributed by atoms with van der Waals surface area (Å²) in [6.45, 7) is 2.74. The Morgan fingerprint density at radius 3 is 2.78 bits per heavy atom. The number of hydrogen-bond donors (Lipinski definition) is 2.